The molecule has 0 aliphatic carbocycles. The third-order valence-electron chi connectivity index (χ3n) is 3.19. The van der Waals surface area contributed by atoms with Gasteiger partial charge in [0.1, 0.15) is 0 Å². The highest BCUT2D eigenvalue weighted by Crippen LogP contribution is 2.14. The smallest absolute Gasteiger partial charge is 0.272 e. The number of hydrazone groups is 1. The van der Waals surface area contributed by atoms with Crippen LogP contribution in [0.25, 0.3) is 5.69 Å². The molecule has 1 N–H and O–H groups in total. The first kappa shape index (κ1) is 15.0. The predicted molar refractivity (Wildman–Crippen MR) is 90.1 cm³/mol. The number of nitrogens with one attached hydrogen (secondary N) is 1. The van der Waals surface area contributed by atoms with Crippen LogP contribution in [0.2, 0.25) is 5.02 Å². The number of halogens is 1. The fourth-order valence-corrected chi connectivity index (χ4v) is 2.24. The predicted octanol–water partition coefficient (Wildman–Crippen LogP) is 3.29. The van der Waals surface area contributed by atoms with E-state index in [9.17, 15) is 4.79 Å². The molecule has 0 aliphatic heterocycles. The number of benzene rings is 2. The maximum atomic E-state index is 11.9. The van der Waals surface area contributed by atoms with E-state index in [4.69, 9.17) is 11.6 Å². The molecule has 0 saturated heterocycles. The third kappa shape index (κ3) is 3.64. The van der Waals surface area contributed by atoms with E-state index in [1.54, 1.807) is 43.0 Å². The van der Waals surface area contributed by atoms with Crippen molar-refractivity contribution in [1.82, 2.24) is 15.0 Å². The average molecular weight is 325 g/mol. The number of nitrogens with zero attached hydrogens (tertiary/aromatic N) is 3. The van der Waals surface area contributed by atoms with E-state index in [1.807, 2.05) is 35.0 Å². The zero-order valence-electron chi connectivity index (χ0n) is 12.1. The normalized spacial score (nSPS) is 10.8. The van der Waals surface area contributed by atoms with Crippen LogP contribution in [0.3, 0.4) is 0 Å². The Kier molecular flexibility index (Phi) is 4.49. The second kappa shape index (κ2) is 6.89. The van der Waals surface area contributed by atoms with E-state index < -0.39 is 0 Å². The molecule has 1 heterocycles. The van der Waals surface area contributed by atoms with Gasteiger partial charge in [-0.25, -0.2) is 10.4 Å². The lowest BCUT2D eigenvalue weighted by Crippen LogP contribution is -2.17. The molecule has 5 nitrogen and oxygen atoms in total. The Hall–Kier alpha value is -2.92. The first-order chi connectivity index (χ1) is 11.2. The third-order valence-corrected chi connectivity index (χ3v) is 3.52. The summed E-state index contributed by atoms with van der Waals surface area (Å²) in [4.78, 5) is 15.9. The zero-order chi connectivity index (χ0) is 16.1. The van der Waals surface area contributed by atoms with Crippen LogP contribution in [0.15, 0.2) is 72.4 Å². The molecule has 1 aromatic heterocycles. The monoisotopic (exact) mass is 324 g/mol. The Balaban J connectivity index is 1.64. The molecule has 0 unspecified atom stereocenters. The molecule has 23 heavy (non-hydrogen) atoms. The van der Waals surface area contributed by atoms with Crippen LogP contribution in [-0.4, -0.2) is 21.7 Å². The van der Waals surface area contributed by atoms with Gasteiger partial charge in [-0.2, -0.15) is 5.10 Å². The van der Waals surface area contributed by atoms with Crippen molar-refractivity contribution in [3.63, 3.8) is 0 Å². The number of hydrogen-bond donors (Lipinski definition) is 1. The van der Waals surface area contributed by atoms with Crippen LogP contribution >= 0.6 is 11.6 Å². The fourth-order valence-electron chi connectivity index (χ4n) is 2.02. The van der Waals surface area contributed by atoms with E-state index in [1.165, 1.54) is 0 Å². The summed E-state index contributed by atoms with van der Waals surface area (Å²) in [6, 6.07) is 14.5. The highest BCUT2D eigenvalue weighted by Gasteiger charge is 2.07. The van der Waals surface area contributed by atoms with Crippen LogP contribution in [0.4, 0.5) is 0 Å². The van der Waals surface area contributed by atoms with Gasteiger partial charge in [0.05, 0.1) is 23.1 Å². The van der Waals surface area contributed by atoms with Gasteiger partial charge in [0.15, 0.2) is 0 Å². The molecule has 0 aliphatic rings. The van der Waals surface area contributed by atoms with Crippen LogP contribution < -0.4 is 5.43 Å². The van der Waals surface area contributed by atoms with E-state index in [0.29, 0.717) is 10.6 Å². The summed E-state index contributed by atoms with van der Waals surface area (Å²) >= 11 is 5.96. The number of aromatic nitrogens is 2. The quantitative estimate of drug-likeness (QED) is 0.591. The van der Waals surface area contributed by atoms with Gasteiger partial charge in [-0.05, 0) is 29.8 Å². The molecular formula is C17H13ClN4O. The summed E-state index contributed by atoms with van der Waals surface area (Å²) in [5, 5.41) is 4.34. The van der Waals surface area contributed by atoms with Crippen molar-refractivity contribution < 1.29 is 4.79 Å². The van der Waals surface area contributed by atoms with Crippen molar-refractivity contribution in [2.45, 2.75) is 0 Å². The zero-order valence-corrected chi connectivity index (χ0v) is 12.8. The Morgan fingerprint density at radius 1 is 1.17 bits per heavy atom. The van der Waals surface area contributed by atoms with Gasteiger partial charge < -0.3 is 4.57 Å². The Bertz CT molecular complexity index is 826. The highest BCUT2D eigenvalue weighted by atomic mass is 35.5. The molecule has 3 aromatic rings. The summed E-state index contributed by atoms with van der Waals surface area (Å²) in [7, 11) is 0. The number of imidazole rings is 1. The first-order valence-corrected chi connectivity index (χ1v) is 7.28. The van der Waals surface area contributed by atoms with Crippen molar-refractivity contribution in [2.75, 3.05) is 0 Å². The van der Waals surface area contributed by atoms with Crippen molar-refractivity contribution in [3.8, 4) is 5.69 Å². The summed E-state index contributed by atoms with van der Waals surface area (Å²) in [5.74, 6) is -0.345. The molecule has 114 valence electrons. The Morgan fingerprint density at radius 2 is 1.96 bits per heavy atom. The Labute approximate surface area is 138 Å². The number of rotatable bonds is 4. The minimum atomic E-state index is -0.345. The number of carbonyl (C=O) groups excluding carboxylic acids is 1. The molecule has 0 fully saturated rings. The molecule has 1 amide bonds. The van der Waals surface area contributed by atoms with Gasteiger partial charge in [0.25, 0.3) is 5.91 Å². The van der Waals surface area contributed by atoms with E-state index in [2.05, 4.69) is 15.5 Å². The lowest BCUT2D eigenvalue weighted by molar-refractivity contribution is 0.0955. The fraction of sp³-hybridized carbons (Fsp3) is 0. The number of amides is 1. The highest BCUT2D eigenvalue weighted by molar-refractivity contribution is 6.33. The first-order valence-electron chi connectivity index (χ1n) is 6.90. The van der Waals surface area contributed by atoms with Crippen LogP contribution in [0.1, 0.15) is 15.9 Å². The summed E-state index contributed by atoms with van der Waals surface area (Å²) in [6.45, 7) is 0. The van der Waals surface area contributed by atoms with Crippen molar-refractivity contribution in [1.29, 1.82) is 0 Å². The molecule has 0 atom stereocenters. The van der Waals surface area contributed by atoms with Gasteiger partial charge >= 0.3 is 0 Å². The Morgan fingerprint density at radius 3 is 2.65 bits per heavy atom. The summed E-state index contributed by atoms with van der Waals surface area (Å²) < 4.78 is 1.90. The molecule has 3 rings (SSSR count). The number of hydrogen-bond acceptors (Lipinski definition) is 3. The number of carbonyl (C=O) groups is 1. The second-order valence-corrected chi connectivity index (χ2v) is 5.15. The van der Waals surface area contributed by atoms with Gasteiger partial charge in [0.2, 0.25) is 0 Å². The second-order valence-electron chi connectivity index (χ2n) is 4.74. The molecule has 2 aromatic carbocycles. The molecular weight excluding hydrogens is 312 g/mol. The van der Waals surface area contributed by atoms with Crippen LogP contribution in [0.5, 0.6) is 0 Å². The molecule has 0 spiro atoms. The molecule has 0 radical (unpaired) electrons. The lowest BCUT2D eigenvalue weighted by atomic mass is 10.2. The average Bonchev–Trinajstić information content (AvgIpc) is 3.10. The van der Waals surface area contributed by atoms with Gasteiger partial charge in [-0.1, -0.05) is 35.9 Å². The largest absolute Gasteiger partial charge is 0.306 e. The van der Waals surface area contributed by atoms with Gasteiger partial charge in [-0.15, -0.1) is 0 Å². The molecule has 0 saturated carbocycles. The molecule has 0 bridgehead atoms. The summed E-state index contributed by atoms with van der Waals surface area (Å²) in [5.41, 5.74) is 4.72. The van der Waals surface area contributed by atoms with Crippen LogP contribution in [0, 0.1) is 0 Å². The molecule has 6 heteroatoms. The van der Waals surface area contributed by atoms with Gasteiger partial charge in [-0.3, -0.25) is 4.79 Å². The minimum Gasteiger partial charge on any atom is -0.306 e. The summed E-state index contributed by atoms with van der Waals surface area (Å²) in [6.07, 6.45) is 6.89. The van der Waals surface area contributed by atoms with E-state index in [0.717, 1.165) is 11.3 Å². The maximum Gasteiger partial charge on any atom is 0.272 e. The lowest BCUT2D eigenvalue weighted by Gasteiger charge is -2.03. The van der Waals surface area contributed by atoms with Crippen LogP contribution in [-0.2, 0) is 0 Å². The van der Waals surface area contributed by atoms with Crippen molar-refractivity contribution >= 4 is 23.7 Å². The van der Waals surface area contributed by atoms with E-state index in [-0.39, 0.29) is 5.91 Å². The standard InChI is InChI=1S/C17H13ClN4O/c18-16-4-2-1-3-15(16)17(23)21-20-11-13-5-7-14(8-6-13)22-10-9-19-12-22/h1-12H,(H,21,23)/b20-11-. The van der Waals surface area contributed by atoms with Gasteiger partial charge in [0, 0.05) is 18.1 Å². The van der Waals surface area contributed by atoms with Crippen molar-refractivity contribution in [2.24, 2.45) is 5.10 Å². The SMILES string of the molecule is O=C(N/N=C\c1ccc(-n2ccnc2)cc1)c1ccccc1Cl. The minimum absolute atomic E-state index is 0.345. The topological polar surface area (TPSA) is 59.3 Å². The maximum absolute atomic E-state index is 11.9. The van der Waals surface area contributed by atoms with Crippen molar-refractivity contribution in [3.05, 3.63) is 83.4 Å². The van der Waals surface area contributed by atoms with E-state index >= 15 is 0 Å².